The van der Waals surface area contributed by atoms with Gasteiger partial charge in [-0.25, -0.2) is 0 Å². The van der Waals surface area contributed by atoms with Gasteiger partial charge in [-0.2, -0.15) is 17.0 Å². The van der Waals surface area contributed by atoms with E-state index >= 15 is 0 Å². The molecule has 0 aromatic rings. The molecule has 0 aromatic heterocycles. The molecule has 1 heterocycles. The lowest BCUT2D eigenvalue weighted by atomic mass is 10.00. The molecule has 1 unspecified atom stereocenters. The van der Waals surface area contributed by atoms with Crippen molar-refractivity contribution < 1.29 is 8.42 Å². The molecule has 0 radical (unpaired) electrons. The number of nitrogens with zero attached hydrogens (tertiary/aromatic N) is 2. The molecular weight excluding hydrogens is 298 g/mol. The summed E-state index contributed by atoms with van der Waals surface area (Å²) in [5.74, 6) is 1.06. The van der Waals surface area contributed by atoms with Crippen LogP contribution in [-0.2, 0) is 10.2 Å². The fourth-order valence-electron chi connectivity index (χ4n) is 2.83. The molecule has 0 bridgehead atoms. The molecule has 2 aliphatic rings. The van der Waals surface area contributed by atoms with Crippen molar-refractivity contribution in [2.24, 2.45) is 11.8 Å². The molecule has 1 aliphatic heterocycles. The third-order valence-electron chi connectivity index (χ3n) is 4.14. The van der Waals surface area contributed by atoms with Gasteiger partial charge in [-0.15, -0.1) is 12.4 Å². The van der Waals surface area contributed by atoms with E-state index in [0.29, 0.717) is 38.0 Å². The van der Waals surface area contributed by atoms with Crippen LogP contribution in [0.25, 0.3) is 0 Å². The van der Waals surface area contributed by atoms with Gasteiger partial charge in [-0.05, 0) is 51.1 Å². The summed E-state index contributed by atoms with van der Waals surface area (Å²) in [6.07, 6.45) is 4.48. The molecule has 0 aromatic carbocycles. The van der Waals surface area contributed by atoms with Crippen LogP contribution in [0.15, 0.2) is 0 Å². The van der Waals surface area contributed by atoms with E-state index in [4.69, 9.17) is 0 Å². The van der Waals surface area contributed by atoms with E-state index < -0.39 is 10.2 Å². The predicted octanol–water partition coefficient (Wildman–Crippen LogP) is 1.32. The molecule has 7 heteroatoms. The minimum atomic E-state index is -3.24. The number of piperidine rings is 1. The van der Waals surface area contributed by atoms with Crippen molar-refractivity contribution in [1.29, 1.82) is 0 Å². The van der Waals surface area contributed by atoms with Crippen LogP contribution in [0.4, 0.5) is 0 Å². The smallest absolute Gasteiger partial charge is 0.281 e. The van der Waals surface area contributed by atoms with Gasteiger partial charge in [0.2, 0.25) is 0 Å². The number of rotatable bonds is 7. The third-order valence-corrected chi connectivity index (χ3v) is 6.18. The molecule has 1 atom stereocenters. The van der Waals surface area contributed by atoms with Crippen LogP contribution < -0.4 is 5.32 Å². The summed E-state index contributed by atoms with van der Waals surface area (Å²) in [6.45, 7) is 5.50. The first-order valence-corrected chi connectivity index (χ1v) is 8.87. The standard InChI is InChI=1S/C13H27N3O2S.ClH/c1-3-15(10-12-6-7-12)19(17,18)16-8-4-5-13(11-16)9-14-2;/h12-14H,3-11H2,1-2H3;1H. The molecule has 1 aliphatic carbocycles. The first-order chi connectivity index (χ1) is 9.07. The second-order valence-electron chi connectivity index (χ2n) is 5.83. The Morgan fingerprint density at radius 3 is 2.50 bits per heavy atom. The van der Waals surface area contributed by atoms with E-state index in [1.165, 1.54) is 12.8 Å². The Kier molecular flexibility index (Phi) is 7.21. The van der Waals surface area contributed by atoms with Crippen LogP contribution in [0, 0.1) is 11.8 Å². The zero-order chi connectivity index (χ0) is 13.9. The molecule has 1 N–H and O–H groups in total. The van der Waals surface area contributed by atoms with Crippen molar-refractivity contribution >= 4 is 22.6 Å². The van der Waals surface area contributed by atoms with E-state index in [1.54, 1.807) is 8.61 Å². The van der Waals surface area contributed by atoms with Gasteiger partial charge in [-0.3, -0.25) is 0 Å². The summed E-state index contributed by atoms with van der Waals surface area (Å²) in [4.78, 5) is 0. The Labute approximate surface area is 129 Å². The SMILES string of the molecule is CCN(CC1CC1)S(=O)(=O)N1CCCC(CNC)C1.Cl. The number of nitrogens with one attached hydrogen (secondary N) is 1. The van der Waals surface area contributed by atoms with Crippen LogP contribution in [0.5, 0.6) is 0 Å². The fourth-order valence-corrected chi connectivity index (χ4v) is 4.64. The highest BCUT2D eigenvalue weighted by molar-refractivity contribution is 7.86. The quantitative estimate of drug-likeness (QED) is 0.768. The van der Waals surface area contributed by atoms with E-state index in [-0.39, 0.29) is 12.4 Å². The summed E-state index contributed by atoms with van der Waals surface area (Å²) in [5, 5.41) is 3.16. The third kappa shape index (κ3) is 4.56. The van der Waals surface area contributed by atoms with Gasteiger partial charge in [-0.1, -0.05) is 6.92 Å². The maximum atomic E-state index is 12.7. The molecule has 0 amide bonds. The summed E-state index contributed by atoms with van der Waals surface area (Å²) < 4.78 is 28.7. The molecule has 1 saturated heterocycles. The van der Waals surface area contributed by atoms with Crippen molar-refractivity contribution in [2.45, 2.75) is 32.6 Å². The number of hydrogen-bond donors (Lipinski definition) is 1. The van der Waals surface area contributed by atoms with Gasteiger partial charge in [0.1, 0.15) is 0 Å². The van der Waals surface area contributed by atoms with Crippen molar-refractivity contribution in [3.05, 3.63) is 0 Å². The van der Waals surface area contributed by atoms with Crippen molar-refractivity contribution in [1.82, 2.24) is 13.9 Å². The fraction of sp³-hybridized carbons (Fsp3) is 1.00. The molecular formula is C13H28ClN3O2S. The Balaban J connectivity index is 0.00000200. The summed E-state index contributed by atoms with van der Waals surface area (Å²) in [7, 11) is -1.31. The average molecular weight is 326 g/mol. The average Bonchev–Trinajstić information content (AvgIpc) is 3.20. The van der Waals surface area contributed by atoms with E-state index in [9.17, 15) is 8.42 Å². The zero-order valence-electron chi connectivity index (χ0n) is 12.5. The van der Waals surface area contributed by atoms with Gasteiger partial charge >= 0.3 is 0 Å². The van der Waals surface area contributed by atoms with Crippen LogP contribution in [-0.4, -0.2) is 56.8 Å². The maximum Gasteiger partial charge on any atom is 0.281 e. The number of hydrogen-bond acceptors (Lipinski definition) is 3. The molecule has 0 spiro atoms. The second-order valence-corrected chi connectivity index (χ2v) is 7.75. The van der Waals surface area contributed by atoms with Crippen molar-refractivity contribution in [3.8, 4) is 0 Å². The second kappa shape index (κ2) is 7.94. The van der Waals surface area contributed by atoms with E-state index in [1.807, 2.05) is 14.0 Å². The largest absolute Gasteiger partial charge is 0.319 e. The molecule has 5 nitrogen and oxygen atoms in total. The van der Waals surface area contributed by atoms with Crippen molar-refractivity contribution in [3.63, 3.8) is 0 Å². The molecule has 2 rings (SSSR count). The minimum absolute atomic E-state index is 0. The zero-order valence-corrected chi connectivity index (χ0v) is 14.2. The lowest BCUT2D eigenvalue weighted by Gasteiger charge is -2.35. The van der Waals surface area contributed by atoms with Gasteiger partial charge in [0, 0.05) is 26.2 Å². The van der Waals surface area contributed by atoms with Crippen LogP contribution >= 0.6 is 12.4 Å². The first-order valence-electron chi connectivity index (χ1n) is 7.47. The maximum absolute atomic E-state index is 12.7. The van der Waals surface area contributed by atoms with Gasteiger partial charge in [0.05, 0.1) is 0 Å². The highest BCUT2D eigenvalue weighted by atomic mass is 35.5. The van der Waals surface area contributed by atoms with Crippen LogP contribution in [0.3, 0.4) is 0 Å². The Bertz CT molecular complexity index is 385. The summed E-state index contributed by atoms with van der Waals surface area (Å²) in [6, 6.07) is 0. The van der Waals surface area contributed by atoms with Gasteiger partial charge in [0.25, 0.3) is 10.2 Å². The summed E-state index contributed by atoms with van der Waals surface area (Å²) >= 11 is 0. The Hall–Kier alpha value is 0.120. The Morgan fingerprint density at radius 2 is 1.95 bits per heavy atom. The normalized spacial score (nSPS) is 24.6. The van der Waals surface area contributed by atoms with Gasteiger partial charge < -0.3 is 5.32 Å². The highest BCUT2D eigenvalue weighted by Gasteiger charge is 2.35. The summed E-state index contributed by atoms with van der Waals surface area (Å²) in [5.41, 5.74) is 0. The lowest BCUT2D eigenvalue weighted by molar-refractivity contribution is 0.244. The number of halogens is 1. The lowest BCUT2D eigenvalue weighted by Crippen LogP contribution is -2.49. The van der Waals surface area contributed by atoms with Crippen molar-refractivity contribution in [2.75, 3.05) is 39.8 Å². The van der Waals surface area contributed by atoms with Gasteiger partial charge in [0.15, 0.2) is 0 Å². The first kappa shape index (κ1) is 18.2. The molecule has 120 valence electrons. The van der Waals surface area contributed by atoms with E-state index in [0.717, 1.165) is 19.4 Å². The van der Waals surface area contributed by atoms with Crippen LogP contribution in [0.2, 0.25) is 0 Å². The highest BCUT2D eigenvalue weighted by Crippen LogP contribution is 2.31. The Morgan fingerprint density at radius 1 is 1.25 bits per heavy atom. The van der Waals surface area contributed by atoms with Crippen LogP contribution in [0.1, 0.15) is 32.6 Å². The van der Waals surface area contributed by atoms with E-state index in [2.05, 4.69) is 5.32 Å². The monoisotopic (exact) mass is 325 g/mol. The molecule has 20 heavy (non-hydrogen) atoms. The molecule has 1 saturated carbocycles. The topological polar surface area (TPSA) is 52.7 Å². The minimum Gasteiger partial charge on any atom is -0.319 e. The molecule has 2 fully saturated rings. The predicted molar refractivity (Wildman–Crippen MR) is 84.4 cm³/mol.